The van der Waals surface area contributed by atoms with Crippen LogP contribution in [0.1, 0.15) is 25.3 Å². The zero-order valence-corrected chi connectivity index (χ0v) is 16.8. The molecule has 0 radical (unpaired) electrons. The van der Waals surface area contributed by atoms with Gasteiger partial charge in [-0.05, 0) is 25.3 Å². The fraction of sp³-hybridized carbons (Fsp3) is 0.588. The highest BCUT2D eigenvalue weighted by atomic mass is 127. The SMILES string of the molecule is CCNC(=NCCCOCCc1ccccc1)NCCC(F)(F)F.I. The van der Waals surface area contributed by atoms with Crippen LogP contribution in [0.4, 0.5) is 13.2 Å². The van der Waals surface area contributed by atoms with E-state index in [9.17, 15) is 13.2 Å². The molecule has 0 aliphatic carbocycles. The van der Waals surface area contributed by atoms with Crippen molar-refractivity contribution >= 4 is 29.9 Å². The van der Waals surface area contributed by atoms with Crippen LogP contribution in [0.25, 0.3) is 0 Å². The smallest absolute Gasteiger partial charge is 0.381 e. The molecule has 0 aliphatic rings. The average molecular weight is 473 g/mol. The molecule has 0 aliphatic heterocycles. The molecule has 144 valence electrons. The maximum Gasteiger partial charge on any atom is 0.390 e. The molecule has 0 spiro atoms. The summed E-state index contributed by atoms with van der Waals surface area (Å²) in [6, 6.07) is 10.1. The van der Waals surface area contributed by atoms with E-state index >= 15 is 0 Å². The van der Waals surface area contributed by atoms with E-state index in [0.717, 1.165) is 12.8 Å². The van der Waals surface area contributed by atoms with Crippen LogP contribution in [0.2, 0.25) is 0 Å². The van der Waals surface area contributed by atoms with E-state index in [0.29, 0.717) is 32.3 Å². The van der Waals surface area contributed by atoms with Crippen LogP contribution in [0.3, 0.4) is 0 Å². The number of guanidine groups is 1. The van der Waals surface area contributed by atoms with Gasteiger partial charge in [0.2, 0.25) is 0 Å². The second-order valence-corrected chi connectivity index (χ2v) is 5.25. The molecule has 25 heavy (non-hydrogen) atoms. The summed E-state index contributed by atoms with van der Waals surface area (Å²) < 4.78 is 41.9. The highest BCUT2D eigenvalue weighted by molar-refractivity contribution is 14.0. The van der Waals surface area contributed by atoms with Crippen molar-refractivity contribution in [1.82, 2.24) is 10.6 Å². The Bertz CT molecular complexity index is 470. The number of alkyl halides is 3. The second kappa shape index (κ2) is 14.2. The third-order valence-electron chi connectivity index (χ3n) is 3.14. The van der Waals surface area contributed by atoms with E-state index in [2.05, 4.69) is 27.8 Å². The molecule has 0 unspecified atom stereocenters. The summed E-state index contributed by atoms with van der Waals surface area (Å²) in [6.07, 6.45) is -3.44. The lowest BCUT2D eigenvalue weighted by Gasteiger charge is -2.12. The van der Waals surface area contributed by atoms with Crippen LogP contribution in [0.5, 0.6) is 0 Å². The minimum Gasteiger partial charge on any atom is -0.381 e. The molecule has 0 aromatic heterocycles. The Morgan fingerprint density at radius 1 is 1.12 bits per heavy atom. The Kier molecular flexibility index (Phi) is 13.6. The van der Waals surface area contributed by atoms with E-state index < -0.39 is 12.6 Å². The van der Waals surface area contributed by atoms with Crippen molar-refractivity contribution < 1.29 is 17.9 Å². The molecular formula is C17H27F3IN3O. The summed E-state index contributed by atoms with van der Waals surface area (Å²) in [5, 5.41) is 5.60. The Balaban J connectivity index is 0.00000576. The minimum absolute atomic E-state index is 0. The van der Waals surface area contributed by atoms with E-state index in [-0.39, 0.29) is 30.5 Å². The van der Waals surface area contributed by atoms with Crippen LogP contribution in [0.15, 0.2) is 35.3 Å². The molecule has 0 bridgehead atoms. The van der Waals surface area contributed by atoms with Crippen LogP contribution in [-0.4, -0.2) is 45.0 Å². The number of nitrogens with zero attached hydrogens (tertiary/aromatic N) is 1. The number of nitrogens with one attached hydrogen (secondary N) is 2. The van der Waals surface area contributed by atoms with Crippen LogP contribution in [0, 0.1) is 0 Å². The van der Waals surface area contributed by atoms with Crippen LogP contribution < -0.4 is 10.6 Å². The van der Waals surface area contributed by atoms with Gasteiger partial charge >= 0.3 is 6.18 Å². The van der Waals surface area contributed by atoms with E-state index in [4.69, 9.17) is 4.74 Å². The Morgan fingerprint density at radius 2 is 1.84 bits per heavy atom. The molecule has 0 amide bonds. The Labute approximate surface area is 164 Å². The third kappa shape index (κ3) is 13.9. The number of aliphatic imine (C=N–C) groups is 1. The first-order valence-electron chi connectivity index (χ1n) is 8.22. The molecular weight excluding hydrogens is 446 g/mol. The molecule has 0 saturated carbocycles. The van der Waals surface area contributed by atoms with Crippen molar-refractivity contribution in [2.45, 2.75) is 32.4 Å². The van der Waals surface area contributed by atoms with E-state index in [1.54, 1.807) is 0 Å². The van der Waals surface area contributed by atoms with Gasteiger partial charge in [-0.25, -0.2) is 0 Å². The summed E-state index contributed by atoms with van der Waals surface area (Å²) in [5.41, 5.74) is 1.24. The van der Waals surface area contributed by atoms with Gasteiger partial charge in [-0.2, -0.15) is 13.2 Å². The maximum atomic E-state index is 12.1. The summed E-state index contributed by atoms with van der Waals surface area (Å²) in [7, 11) is 0. The summed E-state index contributed by atoms with van der Waals surface area (Å²) in [6.45, 7) is 4.03. The lowest BCUT2D eigenvalue weighted by atomic mass is 10.2. The number of halogens is 4. The molecule has 2 N–H and O–H groups in total. The standard InChI is InChI=1S/C17H26F3N3O.HI/c1-2-21-16(23-12-10-17(18,19)20)22-11-6-13-24-14-9-15-7-4-3-5-8-15;/h3-5,7-8H,2,6,9-14H2,1H3,(H2,21,22,23);1H. The van der Waals surface area contributed by atoms with Crippen molar-refractivity contribution in [1.29, 1.82) is 0 Å². The van der Waals surface area contributed by atoms with Crippen molar-refractivity contribution in [3.05, 3.63) is 35.9 Å². The van der Waals surface area contributed by atoms with Gasteiger partial charge in [-0.1, -0.05) is 30.3 Å². The first kappa shape index (κ1) is 24.0. The predicted octanol–water partition coefficient (Wildman–Crippen LogP) is 3.76. The maximum absolute atomic E-state index is 12.1. The molecule has 0 saturated heterocycles. The highest BCUT2D eigenvalue weighted by Gasteiger charge is 2.26. The van der Waals surface area contributed by atoms with Gasteiger partial charge < -0.3 is 15.4 Å². The first-order valence-corrected chi connectivity index (χ1v) is 8.22. The fourth-order valence-corrected chi connectivity index (χ4v) is 1.96. The molecule has 8 heteroatoms. The zero-order valence-electron chi connectivity index (χ0n) is 14.4. The van der Waals surface area contributed by atoms with Gasteiger partial charge in [0.25, 0.3) is 0 Å². The number of benzene rings is 1. The van der Waals surface area contributed by atoms with Crippen molar-refractivity contribution in [2.75, 3.05) is 32.8 Å². The van der Waals surface area contributed by atoms with Crippen LogP contribution >= 0.6 is 24.0 Å². The van der Waals surface area contributed by atoms with Gasteiger partial charge in [-0.3, -0.25) is 4.99 Å². The Hall–Kier alpha value is -1.03. The van der Waals surface area contributed by atoms with Gasteiger partial charge in [0.05, 0.1) is 13.0 Å². The van der Waals surface area contributed by atoms with Gasteiger partial charge in [0.1, 0.15) is 0 Å². The minimum atomic E-state index is -4.16. The van der Waals surface area contributed by atoms with Crippen molar-refractivity contribution in [2.24, 2.45) is 4.99 Å². The average Bonchev–Trinajstić information content (AvgIpc) is 2.53. The number of hydrogen-bond acceptors (Lipinski definition) is 2. The van der Waals surface area contributed by atoms with Gasteiger partial charge in [-0.15, -0.1) is 24.0 Å². The molecule has 1 aromatic rings. The largest absolute Gasteiger partial charge is 0.390 e. The normalized spacial score (nSPS) is 11.8. The first-order chi connectivity index (χ1) is 11.5. The molecule has 1 rings (SSSR count). The van der Waals surface area contributed by atoms with Crippen molar-refractivity contribution in [3.63, 3.8) is 0 Å². The summed E-state index contributed by atoms with van der Waals surface area (Å²) in [4.78, 5) is 4.24. The third-order valence-corrected chi connectivity index (χ3v) is 3.14. The summed E-state index contributed by atoms with van der Waals surface area (Å²) >= 11 is 0. The monoisotopic (exact) mass is 473 g/mol. The van der Waals surface area contributed by atoms with Crippen molar-refractivity contribution in [3.8, 4) is 0 Å². The molecule has 1 aromatic carbocycles. The quantitative estimate of drug-likeness (QED) is 0.236. The van der Waals surface area contributed by atoms with E-state index in [1.807, 2.05) is 25.1 Å². The predicted molar refractivity (Wildman–Crippen MR) is 106 cm³/mol. The number of hydrogen-bond donors (Lipinski definition) is 2. The number of ether oxygens (including phenoxy) is 1. The molecule has 0 atom stereocenters. The van der Waals surface area contributed by atoms with Gasteiger partial charge in [0, 0.05) is 26.2 Å². The fourth-order valence-electron chi connectivity index (χ4n) is 1.96. The van der Waals surface area contributed by atoms with E-state index in [1.165, 1.54) is 5.56 Å². The summed E-state index contributed by atoms with van der Waals surface area (Å²) in [5.74, 6) is 0.408. The Morgan fingerprint density at radius 3 is 2.48 bits per heavy atom. The lowest BCUT2D eigenvalue weighted by molar-refractivity contribution is -0.132. The zero-order chi connectivity index (χ0) is 17.7. The molecule has 0 fully saturated rings. The van der Waals surface area contributed by atoms with Gasteiger partial charge in [0.15, 0.2) is 5.96 Å². The van der Waals surface area contributed by atoms with Crippen LogP contribution in [-0.2, 0) is 11.2 Å². The second-order valence-electron chi connectivity index (χ2n) is 5.25. The lowest BCUT2D eigenvalue weighted by Crippen LogP contribution is -2.39. The highest BCUT2D eigenvalue weighted by Crippen LogP contribution is 2.17. The topological polar surface area (TPSA) is 45.7 Å². The molecule has 4 nitrogen and oxygen atoms in total. The molecule has 0 heterocycles. The number of rotatable bonds is 10.